The molecule has 31 heavy (non-hydrogen) atoms. The van der Waals surface area contributed by atoms with Crippen molar-refractivity contribution in [1.82, 2.24) is 5.32 Å². The molecule has 6 nitrogen and oxygen atoms in total. The number of carboxylic acid groups (broad SMARTS) is 1. The van der Waals surface area contributed by atoms with Crippen LogP contribution in [0, 0.1) is 11.7 Å². The number of carboxylic acids is 1. The zero-order valence-corrected chi connectivity index (χ0v) is 17.5. The second-order valence-electron chi connectivity index (χ2n) is 8.46. The van der Waals surface area contributed by atoms with Crippen molar-refractivity contribution in [2.75, 3.05) is 0 Å². The molecule has 3 rings (SSSR count). The summed E-state index contributed by atoms with van der Waals surface area (Å²) in [7, 11) is -1.38. The average Bonchev–Trinajstić information content (AvgIpc) is 2.71. The van der Waals surface area contributed by atoms with Gasteiger partial charge in [-0.15, -0.1) is 0 Å². The normalized spacial score (nSPS) is 20.0. The highest BCUT2D eigenvalue weighted by Gasteiger charge is 2.48. The summed E-state index contributed by atoms with van der Waals surface area (Å²) in [5.41, 5.74) is 6.87. The smallest absolute Gasteiger partial charge is 0.451 e. The zero-order valence-electron chi connectivity index (χ0n) is 17.5. The van der Waals surface area contributed by atoms with E-state index in [9.17, 15) is 14.3 Å². The largest absolute Gasteiger partial charge is 0.480 e. The Bertz CT molecular complexity index is 877. The van der Waals surface area contributed by atoms with E-state index in [1.165, 1.54) is 0 Å². The summed E-state index contributed by atoms with van der Waals surface area (Å²) >= 11 is 0. The number of nitrogens with one attached hydrogen (secondary N) is 1. The van der Waals surface area contributed by atoms with Gasteiger partial charge in [0.25, 0.3) is 0 Å². The van der Waals surface area contributed by atoms with Crippen LogP contribution in [0.2, 0.25) is 6.32 Å². The van der Waals surface area contributed by atoms with Crippen molar-refractivity contribution >= 4 is 13.1 Å². The second-order valence-corrected chi connectivity index (χ2v) is 8.46. The molecule has 0 radical (unpaired) electrons. The molecule has 1 saturated carbocycles. The van der Waals surface area contributed by atoms with Crippen molar-refractivity contribution in [3.8, 4) is 11.1 Å². The lowest BCUT2D eigenvalue weighted by Crippen LogP contribution is -2.61. The molecule has 0 saturated heterocycles. The van der Waals surface area contributed by atoms with Crippen molar-refractivity contribution < 1.29 is 24.3 Å². The summed E-state index contributed by atoms with van der Waals surface area (Å²) in [5.74, 6) is -1.44. The lowest BCUT2D eigenvalue weighted by Gasteiger charge is -2.45. The molecule has 0 aromatic heterocycles. The maximum atomic E-state index is 15.0. The number of aliphatic carboxylic acids is 1. The van der Waals surface area contributed by atoms with Gasteiger partial charge in [0, 0.05) is 23.7 Å². The van der Waals surface area contributed by atoms with Gasteiger partial charge in [-0.05, 0) is 37.1 Å². The number of benzene rings is 2. The third-order valence-electron chi connectivity index (χ3n) is 6.31. The first kappa shape index (κ1) is 23.4. The van der Waals surface area contributed by atoms with Crippen LogP contribution in [0.3, 0.4) is 0 Å². The zero-order chi connectivity index (χ0) is 22.4. The van der Waals surface area contributed by atoms with Crippen LogP contribution >= 0.6 is 0 Å². The van der Waals surface area contributed by atoms with Crippen molar-refractivity contribution in [2.45, 2.75) is 56.5 Å². The second kappa shape index (κ2) is 10.4. The monoisotopic (exact) mass is 428 g/mol. The molecule has 8 heteroatoms. The Hall–Kier alpha value is -2.26. The minimum Gasteiger partial charge on any atom is -0.480 e. The Morgan fingerprint density at radius 1 is 1.13 bits per heavy atom. The lowest BCUT2D eigenvalue weighted by molar-refractivity contribution is -0.148. The molecule has 1 unspecified atom stereocenters. The van der Waals surface area contributed by atoms with Gasteiger partial charge >= 0.3 is 13.1 Å². The molecule has 2 aromatic carbocycles. The van der Waals surface area contributed by atoms with Gasteiger partial charge in [-0.1, -0.05) is 61.4 Å². The van der Waals surface area contributed by atoms with Crippen molar-refractivity contribution in [3.63, 3.8) is 0 Å². The highest BCUT2D eigenvalue weighted by atomic mass is 19.1. The van der Waals surface area contributed by atoms with Crippen molar-refractivity contribution in [1.29, 1.82) is 0 Å². The SMILES string of the molecule is NC(CCCCB(O)O)(C(=O)O)[C@H]1C[C@@H](NCc2cccc(-c3ccccc3)c2F)C1. The van der Waals surface area contributed by atoms with E-state index in [2.05, 4.69) is 5.32 Å². The van der Waals surface area contributed by atoms with Gasteiger partial charge in [-0.25, -0.2) is 4.39 Å². The molecule has 0 heterocycles. The topological polar surface area (TPSA) is 116 Å². The van der Waals surface area contributed by atoms with E-state index in [0.29, 0.717) is 49.8 Å². The number of carbonyl (C=O) groups is 1. The van der Waals surface area contributed by atoms with Crippen LogP contribution < -0.4 is 11.1 Å². The molecule has 1 aliphatic carbocycles. The van der Waals surface area contributed by atoms with Crippen LogP contribution in [0.4, 0.5) is 4.39 Å². The van der Waals surface area contributed by atoms with E-state index >= 15 is 0 Å². The van der Waals surface area contributed by atoms with Crippen LogP contribution in [-0.2, 0) is 11.3 Å². The Morgan fingerprint density at radius 3 is 2.48 bits per heavy atom. The van der Waals surface area contributed by atoms with Gasteiger partial charge in [0.15, 0.2) is 0 Å². The first-order chi connectivity index (χ1) is 14.8. The molecule has 166 valence electrons. The third-order valence-corrected chi connectivity index (χ3v) is 6.31. The molecule has 2 aromatic rings. The fraction of sp³-hybridized carbons (Fsp3) is 0.435. The first-order valence-corrected chi connectivity index (χ1v) is 10.8. The predicted octanol–water partition coefficient (Wildman–Crippen LogP) is 2.79. The molecule has 0 amide bonds. The molecular formula is C23H30BFN2O4. The Morgan fingerprint density at radius 2 is 1.84 bits per heavy atom. The Balaban J connectivity index is 1.53. The summed E-state index contributed by atoms with van der Waals surface area (Å²) < 4.78 is 15.0. The fourth-order valence-electron chi connectivity index (χ4n) is 4.25. The highest BCUT2D eigenvalue weighted by molar-refractivity contribution is 6.40. The van der Waals surface area contributed by atoms with Crippen molar-refractivity contribution in [3.05, 3.63) is 59.9 Å². The van der Waals surface area contributed by atoms with E-state index in [1.54, 1.807) is 12.1 Å². The maximum Gasteiger partial charge on any atom is 0.451 e. The Kier molecular flexibility index (Phi) is 7.83. The Labute approximate surface area is 182 Å². The van der Waals surface area contributed by atoms with Crippen LogP contribution in [0.15, 0.2) is 48.5 Å². The first-order valence-electron chi connectivity index (χ1n) is 10.8. The maximum absolute atomic E-state index is 15.0. The summed E-state index contributed by atoms with van der Waals surface area (Å²) in [5, 5.41) is 30.8. The predicted molar refractivity (Wildman–Crippen MR) is 119 cm³/mol. The van der Waals surface area contributed by atoms with E-state index in [4.69, 9.17) is 15.8 Å². The van der Waals surface area contributed by atoms with Crippen LogP contribution in [0.1, 0.15) is 37.7 Å². The molecule has 6 N–H and O–H groups in total. The molecular weight excluding hydrogens is 398 g/mol. The van der Waals surface area contributed by atoms with Crippen LogP contribution in [0.5, 0.6) is 0 Å². The molecule has 1 atom stereocenters. The lowest BCUT2D eigenvalue weighted by atomic mass is 9.66. The molecule has 0 aliphatic heterocycles. The molecule has 0 bridgehead atoms. The van der Waals surface area contributed by atoms with Crippen LogP contribution in [0.25, 0.3) is 11.1 Å². The van der Waals surface area contributed by atoms with Gasteiger partial charge < -0.3 is 26.2 Å². The van der Waals surface area contributed by atoms with Gasteiger partial charge in [0.05, 0.1) is 0 Å². The van der Waals surface area contributed by atoms with E-state index in [-0.39, 0.29) is 24.1 Å². The summed E-state index contributed by atoms with van der Waals surface area (Å²) in [4.78, 5) is 11.8. The minimum absolute atomic E-state index is 0.0892. The molecule has 1 fully saturated rings. The summed E-state index contributed by atoms with van der Waals surface area (Å²) in [6, 6.07) is 14.8. The average molecular weight is 428 g/mol. The van der Waals surface area contributed by atoms with E-state index < -0.39 is 18.6 Å². The molecule has 1 aliphatic rings. The van der Waals surface area contributed by atoms with Gasteiger partial charge in [0.1, 0.15) is 11.4 Å². The summed E-state index contributed by atoms with van der Waals surface area (Å²) in [6.45, 7) is 0.364. The summed E-state index contributed by atoms with van der Waals surface area (Å²) in [6.07, 6.45) is 2.76. The fourth-order valence-corrected chi connectivity index (χ4v) is 4.25. The number of nitrogens with two attached hydrogens (primary N) is 1. The number of hydrogen-bond acceptors (Lipinski definition) is 5. The van der Waals surface area contributed by atoms with Gasteiger partial charge in [-0.3, -0.25) is 4.79 Å². The third kappa shape index (κ3) is 5.71. The number of unbranched alkanes of at least 4 members (excludes halogenated alkanes) is 1. The highest BCUT2D eigenvalue weighted by Crippen LogP contribution is 2.38. The van der Waals surface area contributed by atoms with E-state index in [0.717, 1.165) is 5.56 Å². The standard InChI is InChI=1S/C23H30BFN2O4/c25-21-17(9-6-10-20(21)16-7-2-1-3-8-16)15-27-19-13-18(14-19)23(26,22(28)29)11-4-5-12-24(30)31/h1-3,6-10,18-19,27,30-31H,4-5,11-15,26H2,(H,28,29)/t18-,19+,23?. The van der Waals surface area contributed by atoms with Gasteiger partial charge in [0.2, 0.25) is 0 Å². The van der Waals surface area contributed by atoms with E-state index in [1.807, 2.05) is 36.4 Å². The number of rotatable bonds is 11. The van der Waals surface area contributed by atoms with Gasteiger partial charge in [-0.2, -0.15) is 0 Å². The number of hydrogen-bond donors (Lipinski definition) is 5. The van der Waals surface area contributed by atoms with Crippen LogP contribution in [-0.4, -0.2) is 39.8 Å². The minimum atomic E-state index is -1.38. The van der Waals surface area contributed by atoms with Crippen molar-refractivity contribution in [2.24, 2.45) is 11.7 Å². The quantitative estimate of drug-likeness (QED) is 0.278. The number of halogens is 1. The molecule has 0 spiro atoms.